The summed E-state index contributed by atoms with van der Waals surface area (Å²) in [6.45, 7) is 2.98. The zero-order valence-electron chi connectivity index (χ0n) is 14.9. The molecule has 0 radical (unpaired) electrons. The van der Waals surface area contributed by atoms with Crippen molar-refractivity contribution in [3.63, 3.8) is 0 Å². The first-order valence-electron chi connectivity index (χ1n) is 8.69. The third-order valence-electron chi connectivity index (χ3n) is 4.94. The molecule has 138 valence electrons. The highest BCUT2D eigenvalue weighted by molar-refractivity contribution is 9.10. The van der Waals surface area contributed by atoms with E-state index in [0.717, 1.165) is 28.6 Å². The van der Waals surface area contributed by atoms with E-state index in [0.29, 0.717) is 18.9 Å². The lowest BCUT2D eigenvalue weighted by atomic mass is 9.89. The summed E-state index contributed by atoms with van der Waals surface area (Å²) in [5.74, 6) is 0.118. The zero-order chi connectivity index (χ0) is 18.7. The number of imidazole rings is 1. The molecule has 0 amide bonds. The van der Waals surface area contributed by atoms with E-state index >= 15 is 0 Å². The molecule has 0 bridgehead atoms. The van der Waals surface area contributed by atoms with E-state index in [2.05, 4.69) is 21.1 Å². The van der Waals surface area contributed by atoms with E-state index < -0.39 is 0 Å². The largest absolute Gasteiger partial charge is 0.465 e. The number of carbonyl (C=O) groups excluding carboxylic acids is 1. The van der Waals surface area contributed by atoms with Gasteiger partial charge in [-0.2, -0.15) is 0 Å². The molecule has 2 aromatic rings. The molecule has 1 aromatic heterocycles. The quantitative estimate of drug-likeness (QED) is 0.257. The second kappa shape index (κ2) is 8.03. The Morgan fingerprint density at radius 2 is 2.15 bits per heavy atom. The van der Waals surface area contributed by atoms with Gasteiger partial charge in [-0.15, -0.1) is 0 Å². The number of aromatic nitrogens is 2. The molecule has 1 aliphatic rings. The first kappa shape index (κ1) is 18.6. The molecule has 2 unspecified atom stereocenters. The Morgan fingerprint density at radius 3 is 2.81 bits per heavy atom. The Kier molecular flexibility index (Phi) is 5.76. The fourth-order valence-corrected chi connectivity index (χ4v) is 3.73. The van der Waals surface area contributed by atoms with Crippen LogP contribution in [0.4, 0.5) is 0 Å². The number of benzene rings is 1. The summed E-state index contributed by atoms with van der Waals surface area (Å²) in [5.41, 5.74) is 2.58. The van der Waals surface area contributed by atoms with Crippen molar-refractivity contribution in [2.75, 3.05) is 6.61 Å². The van der Waals surface area contributed by atoms with Crippen LogP contribution in [0, 0.1) is 11.8 Å². The highest BCUT2D eigenvalue weighted by Crippen LogP contribution is 2.27. The highest BCUT2D eigenvalue weighted by Gasteiger charge is 2.36. The van der Waals surface area contributed by atoms with Crippen LogP contribution in [-0.4, -0.2) is 28.1 Å². The molecule has 6 nitrogen and oxygen atoms in total. The summed E-state index contributed by atoms with van der Waals surface area (Å²) in [7, 11) is 1.99. The van der Waals surface area contributed by atoms with E-state index in [9.17, 15) is 10.0 Å². The molecule has 0 saturated carbocycles. The summed E-state index contributed by atoms with van der Waals surface area (Å²) < 4.78 is 10.2. The normalized spacial score (nSPS) is 20.4. The number of esters is 1. The standard InChI is InChI=1S/C19H22BrN3O3/c1-3-17-14(11-26-19(17)24)8-16-9-23(12-22(16)2)10-18(21-25)13-4-6-15(20)7-5-13/h4-7,9,12,14,17H,3,8,10-11H2,1-2H3/p+1/b21-18+. The van der Waals surface area contributed by atoms with Crippen molar-refractivity contribution >= 4 is 27.6 Å². The number of ether oxygens (including phenoxy) is 1. The molecule has 1 saturated heterocycles. The number of aryl methyl sites for hydroxylation is 1. The van der Waals surface area contributed by atoms with Crippen molar-refractivity contribution < 1.29 is 19.3 Å². The van der Waals surface area contributed by atoms with Crippen LogP contribution < -0.4 is 4.57 Å². The maximum atomic E-state index is 11.8. The summed E-state index contributed by atoms with van der Waals surface area (Å²) in [5, 5.41) is 12.9. The van der Waals surface area contributed by atoms with E-state index in [1.165, 1.54) is 0 Å². The van der Waals surface area contributed by atoms with Gasteiger partial charge in [0, 0.05) is 22.4 Å². The van der Waals surface area contributed by atoms with Gasteiger partial charge >= 0.3 is 5.97 Å². The van der Waals surface area contributed by atoms with Gasteiger partial charge in [0.05, 0.1) is 19.6 Å². The third kappa shape index (κ3) is 3.98. The van der Waals surface area contributed by atoms with Gasteiger partial charge in [-0.3, -0.25) is 4.79 Å². The Labute approximate surface area is 161 Å². The summed E-state index contributed by atoms with van der Waals surface area (Å²) in [6, 6.07) is 7.67. The predicted molar refractivity (Wildman–Crippen MR) is 100 cm³/mol. The Bertz CT molecular complexity index is 814. The van der Waals surface area contributed by atoms with Crippen molar-refractivity contribution in [3.05, 3.63) is 52.5 Å². The molecule has 0 spiro atoms. The molecular weight excluding hydrogens is 398 g/mol. The van der Waals surface area contributed by atoms with Crippen molar-refractivity contribution in [2.24, 2.45) is 24.0 Å². The van der Waals surface area contributed by atoms with Gasteiger partial charge in [-0.05, 0) is 18.6 Å². The number of cyclic esters (lactones) is 1. The van der Waals surface area contributed by atoms with Crippen molar-refractivity contribution in [1.82, 2.24) is 4.57 Å². The van der Waals surface area contributed by atoms with Crippen molar-refractivity contribution in [3.8, 4) is 0 Å². The second-order valence-corrected chi connectivity index (χ2v) is 7.60. The average molecular weight is 421 g/mol. The molecule has 3 rings (SSSR count). The van der Waals surface area contributed by atoms with Crippen LogP contribution in [0.1, 0.15) is 24.6 Å². The molecule has 1 fully saturated rings. The number of nitrogens with zero attached hydrogens (tertiary/aromatic N) is 3. The number of halogens is 1. The Hall–Kier alpha value is -2.15. The van der Waals surface area contributed by atoms with Crippen molar-refractivity contribution in [1.29, 1.82) is 0 Å². The van der Waals surface area contributed by atoms with E-state index in [1.807, 2.05) is 59.9 Å². The molecule has 0 aliphatic carbocycles. The van der Waals surface area contributed by atoms with E-state index in [-0.39, 0.29) is 17.8 Å². The number of rotatable bonds is 6. The summed E-state index contributed by atoms with van der Waals surface area (Å²) in [6.07, 6.45) is 5.61. The first-order valence-corrected chi connectivity index (χ1v) is 9.49. The monoisotopic (exact) mass is 420 g/mol. The summed E-state index contributed by atoms with van der Waals surface area (Å²) >= 11 is 3.41. The number of carbonyl (C=O) groups is 1. The van der Waals surface area contributed by atoms with E-state index in [4.69, 9.17) is 4.74 Å². The highest BCUT2D eigenvalue weighted by atomic mass is 79.9. The van der Waals surface area contributed by atoms with Gasteiger partial charge in [-0.25, -0.2) is 9.13 Å². The van der Waals surface area contributed by atoms with Gasteiger partial charge in [-0.1, -0.05) is 40.1 Å². The van der Waals surface area contributed by atoms with Gasteiger partial charge < -0.3 is 9.94 Å². The van der Waals surface area contributed by atoms with Crippen LogP contribution >= 0.6 is 15.9 Å². The van der Waals surface area contributed by atoms with Gasteiger partial charge in [0.2, 0.25) is 6.33 Å². The van der Waals surface area contributed by atoms with Crippen LogP contribution in [0.25, 0.3) is 0 Å². The molecule has 2 atom stereocenters. The molecule has 26 heavy (non-hydrogen) atoms. The van der Waals surface area contributed by atoms with Crippen LogP contribution in [0.3, 0.4) is 0 Å². The van der Waals surface area contributed by atoms with Crippen LogP contribution in [-0.2, 0) is 29.5 Å². The molecule has 7 heteroatoms. The maximum Gasteiger partial charge on any atom is 0.309 e. The van der Waals surface area contributed by atoms with Crippen LogP contribution in [0.2, 0.25) is 0 Å². The maximum absolute atomic E-state index is 11.8. The number of hydrogen-bond acceptors (Lipinski definition) is 4. The molecule has 1 N–H and O–H groups in total. The minimum atomic E-state index is -0.0791. The minimum absolute atomic E-state index is 0.0179. The molecule has 1 aliphatic heterocycles. The van der Waals surface area contributed by atoms with E-state index in [1.54, 1.807) is 0 Å². The molecule has 2 heterocycles. The second-order valence-electron chi connectivity index (χ2n) is 6.68. The lowest BCUT2D eigenvalue weighted by molar-refractivity contribution is -0.681. The molecular formula is C19H23BrN3O3+. The third-order valence-corrected chi connectivity index (χ3v) is 5.47. The van der Waals surface area contributed by atoms with Crippen LogP contribution in [0.15, 0.2) is 46.4 Å². The SMILES string of the molecule is CCC1C(=O)OCC1Cc1c[n+](C/C(=N\O)c2ccc(Br)cc2)cn1C. The minimum Gasteiger partial charge on any atom is -0.465 e. The number of hydrogen-bond donors (Lipinski definition) is 1. The van der Waals surface area contributed by atoms with Crippen molar-refractivity contribution in [2.45, 2.75) is 26.3 Å². The Morgan fingerprint density at radius 1 is 1.42 bits per heavy atom. The topological polar surface area (TPSA) is 67.7 Å². The van der Waals surface area contributed by atoms with Crippen LogP contribution in [0.5, 0.6) is 0 Å². The fourth-order valence-electron chi connectivity index (χ4n) is 3.47. The lowest BCUT2D eigenvalue weighted by Crippen LogP contribution is -2.36. The lowest BCUT2D eigenvalue weighted by Gasteiger charge is -2.10. The number of oxime groups is 1. The Balaban J connectivity index is 1.73. The first-order chi connectivity index (χ1) is 12.5. The average Bonchev–Trinajstić information content (AvgIpc) is 3.16. The predicted octanol–water partition coefficient (Wildman–Crippen LogP) is 2.70. The van der Waals surface area contributed by atoms with Gasteiger partial charge in [0.25, 0.3) is 0 Å². The fraction of sp³-hybridized carbons (Fsp3) is 0.421. The van der Waals surface area contributed by atoms with Gasteiger partial charge in [0.15, 0.2) is 0 Å². The summed E-state index contributed by atoms with van der Waals surface area (Å²) in [4.78, 5) is 11.8. The molecule has 1 aromatic carbocycles. The zero-order valence-corrected chi connectivity index (χ0v) is 16.5. The smallest absolute Gasteiger partial charge is 0.309 e. The van der Waals surface area contributed by atoms with Gasteiger partial charge in [0.1, 0.15) is 24.1 Å².